The highest BCUT2D eigenvalue weighted by molar-refractivity contribution is 8.13. The van der Waals surface area contributed by atoms with Crippen LogP contribution in [0.5, 0.6) is 0 Å². The molecule has 1 aliphatic carbocycles. The topological polar surface area (TPSA) is 32.7 Å². The Labute approximate surface area is 156 Å². The monoisotopic (exact) mass is 358 g/mol. The van der Waals surface area contributed by atoms with Crippen molar-refractivity contribution in [1.29, 1.82) is 0 Å². The standard InChI is InChI=1S/C21H30N2OS/c1-4-23-20(25-15-14-21(23)12-6-5-7-13-21)22-19(24)18-10-8-17(9-11-18)16(2)3/h8-11,16H,4-7,12-15H2,1-3H3. The second kappa shape index (κ2) is 7.94. The summed E-state index contributed by atoms with van der Waals surface area (Å²) in [5.41, 5.74) is 2.20. The van der Waals surface area contributed by atoms with E-state index >= 15 is 0 Å². The van der Waals surface area contributed by atoms with Crippen LogP contribution in [-0.2, 0) is 0 Å². The van der Waals surface area contributed by atoms with Crippen molar-refractivity contribution in [2.75, 3.05) is 12.3 Å². The Bertz CT molecular complexity index is 624. The van der Waals surface area contributed by atoms with Crippen LogP contribution < -0.4 is 0 Å². The van der Waals surface area contributed by atoms with Gasteiger partial charge in [0, 0.05) is 23.4 Å². The summed E-state index contributed by atoms with van der Waals surface area (Å²) in [6, 6.07) is 7.93. The van der Waals surface area contributed by atoms with Crippen molar-refractivity contribution in [1.82, 2.24) is 4.90 Å². The van der Waals surface area contributed by atoms with E-state index in [-0.39, 0.29) is 11.4 Å². The molecule has 0 unspecified atom stereocenters. The van der Waals surface area contributed by atoms with E-state index in [4.69, 9.17) is 0 Å². The molecular formula is C21H30N2OS. The second-order valence-electron chi connectivity index (χ2n) is 7.60. The second-order valence-corrected chi connectivity index (χ2v) is 8.67. The van der Waals surface area contributed by atoms with Crippen LogP contribution in [0.3, 0.4) is 0 Å². The van der Waals surface area contributed by atoms with Gasteiger partial charge in [-0.25, -0.2) is 0 Å². The van der Waals surface area contributed by atoms with Crippen LogP contribution in [-0.4, -0.2) is 33.8 Å². The minimum atomic E-state index is -0.107. The zero-order valence-corrected chi connectivity index (χ0v) is 16.6. The Morgan fingerprint density at radius 2 is 1.84 bits per heavy atom. The largest absolute Gasteiger partial charge is 0.346 e. The Hall–Kier alpha value is -1.29. The van der Waals surface area contributed by atoms with Crippen LogP contribution in [0.2, 0.25) is 0 Å². The van der Waals surface area contributed by atoms with E-state index in [2.05, 4.69) is 30.7 Å². The van der Waals surface area contributed by atoms with Crippen molar-refractivity contribution in [3.8, 4) is 0 Å². The van der Waals surface area contributed by atoms with Gasteiger partial charge in [-0.2, -0.15) is 4.99 Å². The van der Waals surface area contributed by atoms with Crippen LogP contribution in [0.25, 0.3) is 0 Å². The fourth-order valence-corrected chi connectivity index (χ4v) is 5.49. The highest BCUT2D eigenvalue weighted by Crippen LogP contribution is 2.42. The van der Waals surface area contributed by atoms with Crippen LogP contribution in [0.15, 0.2) is 29.3 Å². The van der Waals surface area contributed by atoms with Gasteiger partial charge in [0.25, 0.3) is 5.91 Å². The lowest BCUT2D eigenvalue weighted by Crippen LogP contribution is -2.55. The van der Waals surface area contributed by atoms with E-state index < -0.39 is 0 Å². The molecule has 0 radical (unpaired) electrons. The van der Waals surface area contributed by atoms with Crippen molar-refractivity contribution in [2.45, 2.75) is 70.8 Å². The van der Waals surface area contributed by atoms with E-state index in [9.17, 15) is 4.79 Å². The molecule has 1 saturated carbocycles. The van der Waals surface area contributed by atoms with Crippen molar-refractivity contribution in [3.05, 3.63) is 35.4 Å². The molecule has 0 atom stereocenters. The average Bonchev–Trinajstić information content (AvgIpc) is 2.62. The Balaban J connectivity index is 1.81. The maximum absolute atomic E-state index is 12.7. The van der Waals surface area contributed by atoms with Gasteiger partial charge in [-0.1, -0.05) is 57.0 Å². The highest BCUT2D eigenvalue weighted by atomic mass is 32.2. The zero-order chi connectivity index (χ0) is 17.9. The van der Waals surface area contributed by atoms with Crippen LogP contribution in [0, 0.1) is 0 Å². The third-order valence-electron chi connectivity index (χ3n) is 5.72. The molecule has 0 bridgehead atoms. The van der Waals surface area contributed by atoms with Gasteiger partial charge in [0.15, 0.2) is 5.17 Å². The van der Waals surface area contributed by atoms with E-state index in [1.54, 1.807) is 11.8 Å². The number of rotatable bonds is 3. The molecule has 4 heteroatoms. The zero-order valence-electron chi connectivity index (χ0n) is 15.8. The molecule has 1 aromatic rings. The summed E-state index contributed by atoms with van der Waals surface area (Å²) in [6.07, 6.45) is 7.68. The number of hydrogen-bond donors (Lipinski definition) is 0. The summed E-state index contributed by atoms with van der Waals surface area (Å²) in [6.45, 7) is 7.46. The first-order chi connectivity index (χ1) is 12.1. The Morgan fingerprint density at radius 3 is 2.44 bits per heavy atom. The van der Waals surface area contributed by atoms with Gasteiger partial charge in [0.2, 0.25) is 0 Å². The number of carbonyl (C=O) groups is 1. The Kier molecular flexibility index (Phi) is 5.88. The average molecular weight is 359 g/mol. The number of amides is 1. The number of benzene rings is 1. The number of hydrogen-bond acceptors (Lipinski definition) is 2. The van der Waals surface area contributed by atoms with Gasteiger partial charge in [-0.15, -0.1) is 0 Å². The summed E-state index contributed by atoms with van der Waals surface area (Å²) in [5.74, 6) is 1.45. The first kappa shape index (κ1) is 18.5. The number of carbonyl (C=O) groups excluding carboxylic acids is 1. The molecule has 0 N–H and O–H groups in total. The summed E-state index contributed by atoms with van der Waals surface area (Å²) in [4.78, 5) is 19.7. The lowest BCUT2D eigenvalue weighted by molar-refractivity contribution is 0.0986. The van der Waals surface area contributed by atoms with Crippen molar-refractivity contribution in [3.63, 3.8) is 0 Å². The molecule has 2 fully saturated rings. The summed E-state index contributed by atoms with van der Waals surface area (Å²) in [5, 5.41) is 0.939. The number of aliphatic imine (C=N–C) groups is 1. The van der Waals surface area contributed by atoms with Gasteiger partial charge in [-0.05, 0) is 49.8 Å². The van der Waals surface area contributed by atoms with E-state index in [0.29, 0.717) is 11.5 Å². The van der Waals surface area contributed by atoms with Crippen LogP contribution >= 0.6 is 11.8 Å². The first-order valence-electron chi connectivity index (χ1n) is 9.69. The summed E-state index contributed by atoms with van der Waals surface area (Å²) in [7, 11) is 0. The van der Waals surface area contributed by atoms with Gasteiger partial charge in [0.05, 0.1) is 0 Å². The number of thioether (sulfide) groups is 1. The Morgan fingerprint density at radius 1 is 1.16 bits per heavy atom. The fourth-order valence-electron chi connectivity index (χ4n) is 4.20. The maximum atomic E-state index is 12.7. The lowest BCUT2D eigenvalue weighted by atomic mass is 9.78. The molecule has 1 saturated heterocycles. The van der Waals surface area contributed by atoms with Gasteiger partial charge < -0.3 is 4.90 Å². The smallest absolute Gasteiger partial charge is 0.279 e. The molecule has 0 aromatic heterocycles. The molecule has 25 heavy (non-hydrogen) atoms. The molecule has 1 aliphatic heterocycles. The van der Waals surface area contributed by atoms with Crippen LogP contribution in [0.4, 0.5) is 0 Å². The molecule has 136 valence electrons. The highest BCUT2D eigenvalue weighted by Gasteiger charge is 2.41. The third-order valence-corrected chi connectivity index (χ3v) is 6.70. The summed E-state index contributed by atoms with van der Waals surface area (Å²) < 4.78 is 0. The minimum Gasteiger partial charge on any atom is -0.346 e. The van der Waals surface area contributed by atoms with E-state index in [0.717, 1.165) is 17.5 Å². The van der Waals surface area contributed by atoms with Crippen molar-refractivity contribution < 1.29 is 4.79 Å². The van der Waals surface area contributed by atoms with E-state index in [1.807, 2.05) is 24.3 Å². The third kappa shape index (κ3) is 3.94. The normalized spacial score (nSPS) is 21.9. The molecule has 1 amide bonds. The van der Waals surface area contributed by atoms with Crippen LogP contribution in [0.1, 0.15) is 81.1 Å². The summed E-state index contributed by atoms with van der Waals surface area (Å²) >= 11 is 1.75. The van der Waals surface area contributed by atoms with Crippen molar-refractivity contribution >= 4 is 22.8 Å². The van der Waals surface area contributed by atoms with Gasteiger partial charge >= 0.3 is 0 Å². The predicted octanol–water partition coefficient (Wildman–Crippen LogP) is 5.47. The lowest BCUT2D eigenvalue weighted by Gasteiger charge is -2.50. The predicted molar refractivity (Wildman–Crippen MR) is 108 cm³/mol. The molecule has 1 aromatic carbocycles. The van der Waals surface area contributed by atoms with Gasteiger partial charge in [0.1, 0.15) is 0 Å². The molecule has 1 heterocycles. The maximum Gasteiger partial charge on any atom is 0.279 e. The molecular weight excluding hydrogens is 328 g/mol. The van der Waals surface area contributed by atoms with Gasteiger partial charge in [-0.3, -0.25) is 4.79 Å². The quantitative estimate of drug-likeness (QED) is 0.718. The molecule has 2 aliphatic rings. The SMILES string of the molecule is CCN1C(=NC(=O)c2ccc(C(C)C)cc2)SCCC12CCCCC2. The fraction of sp³-hybridized carbons (Fsp3) is 0.619. The number of amidine groups is 1. The molecule has 1 spiro atoms. The molecule has 3 rings (SSSR count). The minimum absolute atomic E-state index is 0.107. The van der Waals surface area contributed by atoms with E-state index in [1.165, 1.54) is 44.1 Å². The number of nitrogens with zero attached hydrogens (tertiary/aromatic N) is 2. The van der Waals surface area contributed by atoms with Crippen molar-refractivity contribution in [2.24, 2.45) is 4.99 Å². The first-order valence-corrected chi connectivity index (χ1v) is 10.7. The molecule has 3 nitrogen and oxygen atoms in total.